The summed E-state index contributed by atoms with van der Waals surface area (Å²) in [6.07, 6.45) is 0. The van der Waals surface area contributed by atoms with Gasteiger partial charge in [0.05, 0.1) is 28.0 Å². The molecule has 0 heterocycles. The lowest BCUT2D eigenvalue weighted by Crippen LogP contribution is -2.15. The Morgan fingerprint density at radius 3 is 2.57 bits per heavy atom. The minimum atomic E-state index is -3.89. The largest absolute Gasteiger partial charge is 0.397 e. The molecule has 0 saturated heterocycles. The summed E-state index contributed by atoms with van der Waals surface area (Å²) in [6, 6.07) is 11.0. The van der Waals surface area contributed by atoms with E-state index in [1.165, 1.54) is 18.2 Å². The van der Waals surface area contributed by atoms with Crippen LogP contribution in [-0.2, 0) is 10.0 Å². The average molecular weight is 322 g/mol. The molecule has 0 bridgehead atoms. The molecule has 0 amide bonds. The maximum atomic E-state index is 12.4. The highest BCUT2D eigenvalue weighted by Crippen LogP contribution is 2.29. The minimum absolute atomic E-state index is 0.0197. The molecule has 0 aromatic heterocycles. The number of hydrogen-bond acceptors (Lipinski definition) is 4. The number of anilines is 2. The van der Waals surface area contributed by atoms with Crippen LogP contribution in [0.2, 0.25) is 5.02 Å². The maximum Gasteiger partial charge on any atom is 0.263 e. The number of hydrogen-bond donors (Lipinski definition) is 2. The van der Waals surface area contributed by atoms with Gasteiger partial charge in [0.25, 0.3) is 10.0 Å². The summed E-state index contributed by atoms with van der Waals surface area (Å²) in [5.74, 6) is 0. The number of halogens is 1. The number of nitrogens with two attached hydrogens (primary N) is 1. The van der Waals surface area contributed by atoms with Gasteiger partial charge in [-0.2, -0.15) is 5.26 Å². The Labute approximate surface area is 128 Å². The van der Waals surface area contributed by atoms with Gasteiger partial charge < -0.3 is 5.73 Å². The molecule has 108 valence electrons. The van der Waals surface area contributed by atoms with Crippen molar-refractivity contribution in [1.29, 1.82) is 5.26 Å². The number of nitrogens with zero attached hydrogens (tertiary/aromatic N) is 1. The third kappa shape index (κ3) is 3.10. The Kier molecular flexibility index (Phi) is 4.07. The van der Waals surface area contributed by atoms with Crippen LogP contribution in [0, 0.1) is 18.3 Å². The highest BCUT2D eigenvalue weighted by molar-refractivity contribution is 7.92. The number of benzene rings is 2. The van der Waals surface area contributed by atoms with Crippen LogP contribution in [-0.4, -0.2) is 8.42 Å². The van der Waals surface area contributed by atoms with Crippen molar-refractivity contribution in [3.05, 3.63) is 52.5 Å². The summed E-state index contributed by atoms with van der Waals surface area (Å²) in [6.45, 7) is 1.74. The fraction of sp³-hybridized carbons (Fsp3) is 0.0714. The molecule has 0 aliphatic heterocycles. The molecule has 5 nitrogen and oxygen atoms in total. The van der Waals surface area contributed by atoms with Gasteiger partial charge in [0.1, 0.15) is 4.90 Å². The van der Waals surface area contributed by atoms with Gasteiger partial charge in [-0.05, 0) is 36.8 Å². The topological polar surface area (TPSA) is 96.0 Å². The average Bonchev–Trinajstić information content (AvgIpc) is 2.42. The number of nitrogens with one attached hydrogen (secondary N) is 1. The van der Waals surface area contributed by atoms with E-state index in [1.807, 2.05) is 6.07 Å². The molecule has 0 aliphatic rings. The molecular formula is C14H12ClN3O2S. The number of rotatable bonds is 3. The van der Waals surface area contributed by atoms with Crippen molar-refractivity contribution in [3.8, 4) is 6.07 Å². The van der Waals surface area contributed by atoms with Crippen LogP contribution in [0.4, 0.5) is 11.4 Å². The van der Waals surface area contributed by atoms with Crippen molar-refractivity contribution in [2.45, 2.75) is 11.8 Å². The van der Waals surface area contributed by atoms with Gasteiger partial charge >= 0.3 is 0 Å². The van der Waals surface area contributed by atoms with Crippen LogP contribution in [0.25, 0.3) is 0 Å². The standard InChI is InChI=1S/C14H12ClN3O2S/c1-9-3-2-4-12(17)14(9)18-21(19,20)13-6-5-10(8-16)7-11(13)15/h2-7,18H,17H2,1H3. The lowest BCUT2D eigenvalue weighted by atomic mass is 10.2. The third-order valence-corrected chi connectivity index (χ3v) is 4.72. The van der Waals surface area contributed by atoms with E-state index in [0.29, 0.717) is 16.9 Å². The van der Waals surface area contributed by atoms with Gasteiger partial charge in [-0.15, -0.1) is 0 Å². The van der Waals surface area contributed by atoms with Crippen molar-refractivity contribution in [3.63, 3.8) is 0 Å². The predicted octanol–water partition coefficient (Wildman–Crippen LogP) is 2.90. The molecule has 0 unspecified atom stereocenters. The van der Waals surface area contributed by atoms with Crippen molar-refractivity contribution in [1.82, 2.24) is 0 Å². The van der Waals surface area contributed by atoms with E-state index in [1.54, 1.807) is 25.1 Å². The molecule has 0 saturated carbocycles. The molecule has 0 radical (unpaired) electrons. The highest BCUT2D eigenvalue weighted by atomic mass is 35.5. The molecule has 2 rings (SSSR count). The van der Waals surface area contributed by atoms with Crippen LogP contribution in [0.3, 0.4) is 0 Å². The lowest BCUT2D eigenvalue weighted by Gasteiger charge is -2.13. The Morgan fingerprint density at radius 1 is 1.29 bits per heavy atom. The minimum Gasteiger partial charge on any atom is -0.397 e. The smallest absolute Gasteiger partial charge is 0.263 e. The summed E-state index contributed by atoms with van der Waals surface area (Å²) in [5, 5.41) is 8.75. The molecule has 21 heavy (non-hydrogen) atoms. The number of nitrogen functional groups attached to an aromatic ring is 1. The quantitative estimate of drug-likeness (QED) is 0.849. The summed E-state index contributed by atoms with van der Waals surface area (Å²) in [5.41, 5.74) is 7.41. The fourth-order valence-electron chi connectivity index (χ4n) is 1.81. The molecule has 7 heteroatoms. The second kappa shape index (κ2) is 5.64. The second-order valence-electron chi connectivity index (χ2n) is 4.40. The molecule has 3 N–H and O–H groups in total. The normalized spacial score (nSPS) is 10.9. The molecule has 2 aromatic carbocycles. The van der Waals surface area contributed by atoms with Gasteiger partial charge in [-0.25, -0.2) is 8.42 Å². The third-order valence-electron chi connectivity index (χ3n) is 2.89. The SMILES string of the molecule is Cc1cccc(N)c1NS(=O)(=O)c1ccc(C#N)cc1Cl. The van der Waals surface area contributed by atoms with Crippen LogP contribution < -0.4 is 10.5 Å². The van der Waals surface area contributed by atoms with Crippen LogP contribution in [0.1, 0.15) is 11.1 Å². The van der Waals surface area contributed by atoms with Crippen molar-refractivity contribution in [2.24, 2.45) is 0 Å². The van der Waals surface area contributed by atoms with E-state index in [9.17, 15) is 8.42 Å². The number of aryl methyl sites for hydroxylation is 1. The van der Waals surface area contributed by atoms with Crippen LogP contribution >= 0.6 is 11.6 Å². The number of para-hydroxylation sites is 1. The zero-order valence-corrected chi connectivity index (χ0v) is 12.7. The van der Waals surface area contributed by atoms with Gasteiger partial charge in [0.15, 0.2) is 0 Å². The summed E-state index contributed by atoms with van der Waals surface area (Å²) in [7, 11) is -3.89. The molecule has 2 aromatic rings. The Hall–Kier alpha value is -2.23. The maximum absolute atomic E-state index is 12.4. The van der Waals surface area contributed by atoms with Crippen LogP contribution in [0.15, 0.2) is 41.3 Å². The van der Waals surface area contributed by atoms with Gasteiger partial charge in [0, 0.05) is 0 Å². The van der Waals surface area contributed by atoms with E-state index in [-0.39, 0.29) is 15.5 Å². The summed E-state index contributed by atoms with van der Waals surface area (Å²) < 4.78 is 27.2. The molecule has 0 spiro atoms. The number of sulfonamides is 1. The molecule has 0 fully saturated rings. The van der Waals surface area contributed by atoms with E-state index >= 15 is 0 Å². The van der Waals surface area contributed by atoms with Gasteiger partial charge in [-0.3, -0.25) is 4.72 Å². The summed E-state index contributed by atoms with van der Waals surface area (Å²) >= 11 is 5.94. The zero-order chi connectivity index (χ0) is 15.6. The van der Waals surface area contributed by atoms with E-state index in [4.69, 9.17) is 22.6 Å². The molecule has 0 aliphatic carbocycles. The van der Waals surface area contributed by atoms with Crippen molar-refractivity contribution < 1.29 is 8.42 Å². The van der Waals surface area contributed by atoms with Crippen molar-refractivity contribution >= 4 is 33.0 Å². The Bertz CT molecular complexity index is 822. The first-order valence-electron chi connectivity index (χ1n) is 5.92. The first-order valence-corrected chi connectivity index (χ1v) is 7.79. The van der Waals surface area contributed by atoms with Gasteiger partial charge in [0.2, 0.25) is 0 Å². The first kappa shape index (κ1) is 15.2. The van der Waals surface area contributed by atoms with Crippen LogP contribution in [0.5, 0.6) is 0 Å². The molecule has 0 atom stereocenters. The predicted molar refractivity (Wildman–Crippen MR) is 82.6 cm³/mol. The van der Waals surface area contributed by atoms with E-state index in [0.717, 1.165) is 0 Å². The monoisotopic (exact) mass is 321 g/mol. The Morgan fingerprint density at radius 2 is 2.00 bits per heavy atom. The molecular weight excluding hydrogens is 310 g/mol. The second-order valence-corrected chi connectivity index (χ2v) is 6.46. The highest BCUT2D eigenvalue weighted by Gasteiger charge is 2.20. The summed E-state index contributed by atoms with van der Waals surface area (Å²) in [4.78, 5) is -0.106. The zero-order valence-electron chi connectivity index (χ0n) is 11.1. The number of nitriles is 1. The van der Waals surface area contributed by atoms with Gasteiger partial charge in [-0.1, -0.05) is 23.7 Å². The first-order chi connectivity index (χ1) is 9.85. The Balaban J connectivity index is 2.47. The van der Waals surface area contributed by atoms with E-state index < -0.39 is 10.0 Å². The van der Waals surface area contributed by atoms with Crippen molar-refractivity contribution in [2.75, 3.05) is 10.5 Å². The fourth-order valence-corrected chi connectivity index (χ4v) is 3.51. The van der Waals surface area contributed by atoms with E-state index in [2.05, 4.69) is 4.72 Å². The lowest BCUT2D eigenvalue weighted by molar-refractivity contribution is 0.601.